The van der Waals surface area contributed by atoms with Crippen molar-refractivity contribution in [1.82, 2.24) is 10.6 Å². The van der Waals surface area contributed by atoms with E-state index in [2.05, 4.69) is 10.6 Å². The van der Waals surface area contributed by atoms with Gasteiger partial charge in [-0.3, -0.25) is 14.9 Å². The number of carbonyl (C=O) groups excluding carboxylic acids is 2. The zero-order chi connectivity index (χ0) is 18.1. The van der Waals surface area contributed by atoms with E-state index in [1.165, 1.54) is 5.56 Å². The second-order valence-corrected chi connectivity index (χ2v) is 6.74. The standard InChI is InChI=1S/C20H30N2O3/c1-3-25-20(24)18(14-13-16-10-5-4-6-11-16)22-17-12-8-7-9-15(2)21-19(17)23/h4-6,10-11,15,17-18,22H,3,7-9,12-14H2,1-2H3,(H,21,23). The van der Waals surface area contributed by atoms with Crippen molar-refractivity contribution in [2.45, 2.75) is 70.5 Å². The maximum atomic E-state index is 12.4. The Morgan fingerprint density at radius 1 is 1.28 bits per heavy atom. The molecule has 1 aromatic rings. The minimum atomic E-state index is -0.467. The third-order valence-corrected chi connectivity index (χ3v) is 4.62. The smallest absolute Gasteiger partial charge is 0.323 e. The number of rotatable bonds is 7. The molecule has 3 atom stereocenters. The van der Waals surface area contributed by atoms with Gasteiger partial charge in [0.25, 0.3) is 0 Å². The number of benzene rings is 1. The normalized spacial score (nSPS) is 22.4. The minimum Gasteiger partial charge on any atom is -0.465 e. The molecule has 1 saturated heterocycles. The van der Waals surface area contributed by atoms with Gasteiger partial charge in [0.05, 0.1) is 12.6 Å². The predicted molar refractivity (Wildman–Crippen MR) is 98.2 cm³/mol. The minimum absolute atomic E-state index is 0.0128. The number of carbonyl (C=O) groups is 2. The monoisotopic (exact) mass is 346 g/mol. The number of hydrogen-bond donors (Lipinski definition) is 2. The van der Waals surface area contributed by atoms with Gasteiger partial charge in [-0.25, -0.2) is 0 Å². The summed E-state index contributed by atoms with van der Waals surface area (Å²) in [4.78, 5) is 24.8. The van der Waals surface area contributed by atoms with Crippen LogP contribution in [0.15, 0.2) is 30.3 Å². The van der Waals surface area contributed by atoms with Crippen LogP contribution in [0.1, 0.15) is 51.5 Å². The molecule has 1 amide bonds. The molecule has 5 heteroatoms. The first-order chi connectivity index (χ1) is 12.1. The van der Waals surface area contributed by atoms with E-state index in [-0.39, 0.29) is 24.0 Å². The molecular formula is C20H30N2O3. The van der Waals surface area contributed by atoms with E-state index in [9.17, 15) is 9.59 Å². The van der Waals surface area contributed by atoms with E-state index in [0.29, 0.717) is 13.0 Å². The highest BCUT2D eigenvalue weighted by Crippen LogP contribution is 2.13. The summed E-state index contributed by atoms with van der Waals surface area (Å²) in [6, 6.07) is 9.43. The first kappa shape index (κ1) is 19.4. The average Bonchev–Trinajstić information content (AvgIpc) is 2.60. The Bertz CT molecular complexity index is 547. The lowest BCUT2D eigenvalue weighted by molar-refractivity contribution is -0.146. The number of ether oxygens (including phenoxy) is 1. The van der Waals surface area contributed by atoms with E-state index in [1.807, 2.05) is 37.3 Å². The van der Waals surface area contributed by atoms with Gasteiger partial charge >= 0.3 is 5.97 Å². The fraction of sp³-hybridized carbons (Fsp3) is 0.600. The lowest BCUT2D eigenvalue weighted by Gasteiger charge is -2.27. The summed E-state index contributed by atoms with van der Waals surface area (Å²) in [6.07, 6.45) is 5.22. The van der Waals surface area contributed by atoms with Gasteiger partial charge in [0.2, 0.25) is 5.91 Å². The van der Waals surface area contributed by atoms with Crippen LogP contribution in [0.2, 0.25) is 0 Å². The predicted octanol–water partition coefficient (Wildman–Crippen LogP) is 2.59. The second-order valence-electron chi connectivity index (χ2n) is 6.74. The van der Waals surface area contributed by atoms with Gasteiger partial charge in [0, 0.05) is 6.04 Å². The molecular weight excluding hydrogens is 316 g/mol. The van der Waals surface area contributed by atoms with Gasteiger partial charge in [0.1, 0.15) is 6.04 Å². The summed E-state index contributed by atoms with van der Waals surface area (Å²) in [7, 11) is 0. The molecule has 1 aliphatic heterocycles. The molecule has 0 aliphatic carbocycles. The number of aryl methyl sites for hydroxylation is 1. The van der Waals surface area contributed by atoms with Crippen molar-refractivity contribution >= 4 is 11.9 Å². The highest BCUT2D eigenvalue weighted by molar-refractivity contribution is 5.83. The van der Waals surface area contributed by atoms with Crippen molar-refractivity contribution < 1.29 is 14.3 Å². The zero-order valence-corrected chi connectivity index (χ0v) is 15.3. The Kier molecular flexibility index (Phi) is 7.92. The summed E-state index contributed by atoms with van der Waals surface area (Å²) in [6.45, 7) is 4.17. The van der Waals surface area contributed by atoms with Gasteiger partial charge in [0.15, 0.2) is 0 Å². The van der Waals surface area contributed by atoms with Crippen LogP contribution in [0.25, 0.3) is 0 Å². The van der Waals surface area contributed by atoms with Crippen molar-refractivity contribution in [1.29, 1.82) is 0 Å². The summed E-state index contributed by atoms with van der Waals surface area (Å²) >= 11 is 0. The van der Waals surface area contributed by atoms with Gasteiger partial charge in [-0.1, -0.05) is 43.2 Å². The van der Waals surface area contributed by atoms with Crippen LogP contribution < -0.4 is 10.6 Å². The van der Waals surface area contributed by atoms with Gasteiger partial charge in [-0.15, -0.1) is 0 Å². The third-order valence-electron chi connectivity index (χ3n) is 4.62. The maximum absolute atomic E-state index is 12.4. The molecule has 0 spiro atoms. The van der Waals surface area contributed by atoms with Crippen LogP contribution >= 0.6 is 0 Å². The molecule has 3 unspecified atom stereocenters. The van der Waals surface area contributed by atoms with E-state index in [4.69, 9.17) is 4.74 Å². The van der Waals surface area contributed by atoms with Gasteiger partial charge in [-0.2, -0.15) is 0 Å². The largest absolute Gasteiger partial charge is 0.465 e. The first-order valence-electron chi connectivity index (χ1n) is 9.37. The molecule has 1 aromatic carbocycles. The maximum Gasteiger partial charge on any atom is 0.323 e. The van der Waals surface area contributed by atoms with E-state index >= 15 is 0 Å². The Morgan fingerprint density at radius 3 is 2.72 bits per heavy atom. The van der Waals surface area contributed by atoms with Crippen molar-refractivity contribution in [3.63, 3.8) is 0 Å². The van der Waals surface area contributed by atoms with Gasteiger partial charge < -0.3 is 10.1 Å². The molecule has 0 aromatic heterocycles. The molecule has 0 saturated carbocycles. The average molecular weight is 346 g/mol. The second kappa shape index (κ2) is 10.2. The van der Waals surface area contributed by atoms with Crippen LogP contribution in [-0.4, -0.2) is 36.6 Å². The van der Waals surface area contributed by atoms with Crippen molar-refractivity contribution in [2.75, 3.05) is 6.61 Å². The summed E-state index contributed by atoms with van der Waals surface area (Å²) in [5.74, 6) is -0.289. The third kappa shape index (κ3) is 6.50. The van der Waals surface area contributed by atoms with E-state index < -0.39 is 6.04 Å². The van der Waals surface area contributed by atoms with Crippen LogP contribution in [-0.2, 0) is 20.7 Å². The molecule has 5 nitrogen and oxygen atoms in total. The van der Waals surface area contributed by atoms with E-state index in [0.717, 1.165) is 32.1 Å². The fourth-order valence-corrected chi connectivity index (χ4v) is 3.22. The van der Waals surface area contributed by atoms with Crippen molar-refractivity contribution in [3.05, 3.63) is 35.9 Å². The van der Waals surface area contributed by atoms with Crippen LogP contribution in [0, 0.1) is 0 Å². The molecule has 1 fully saturated rings. The molecule has 25 heavy (non-hydrogen) atoms. The first-order valence-corrected chi connectivity index (χ1v) is 9.37. The lowest BCUT2D eigenvalue weighted by Crippen LogP contribution is -2.53. The Hall–Kier alpha value is -1.88. The number of hydrogen-bond acceptors (Lipinski definition) is 4. The molecule has 0 radical (unpaired) electrons. The quantitative estimate of drug-likeness (QED) is 0.745. The van der Waals surface area contributed by atoms with Crippen LogP contribution in [0.4, 0.5) is 0 Å². The number of esters is 1. The van der Waals surface area contributed by atoms with Crippen molar-refractivity contribution in [2.24, 2.45) is 0 Å². The molecule has 1 heterocycles. The molecule has 1 aliphatic rings. The zero-order valence-electron chi connectivity index (χ0n) is 15.3. The fourth-order valence-electron chi connectivity index (χ4n) is 3.22. The summed E-state index contributed by atoms with van der Waals surface area (Å²) in [5.41, 5.74) is 1.18. The lowest BCUT2D eigenvalue weighted by atomic mass is 9.99. The highest BCUT2D eigenvalue weighted by Gasteiger charge is 2.28. The topological polar surface area (TPSA) is 67.4 Å². The summed E-state index contributed by atoms with van der Waals surface area (Å²) in [5, 5.41) is 6.29. The SMILES string of the molecule is CCOC(=O)C(CCc1ccccc1)NC1CCCCC(C)NC1=O. The molecule has 2 rings (SSSR count). The summed E-state index contributed by atoms with van der Waals surface area (Å²) < 4.78 is 5.21. The molecule has 0 bridgehead atoms. The van der Waals surface area contributed by atoms with Gasteiger partial charge in [-0.05, 0) is 45.1 Å². The highest BCUT2D eigenvalue weighted by atomic mass is 16.5. The van der Waals surface area contributed by atoms with Crippen molar-refractivity contribution in [3.8, 4) is 0 Å². The molecule has 138 valence electrons. The number of amides is 1. The Morgan fingerprint density at radius 2 is 2.00 bits per heavy atom. The van der Waals surface area contributed by atoms with Crippen LogP contribution in [0.5, 0.6) is 0 Å². The number of nitrogens with one attached hydrogen (secondary N) is 2. The van der Waals surface area contributed by atoms with Crippen LogP contribution in [0.3, 0.4) is 0 Å². The molecule has 2 N–H and O–H groups in total. The Balaban J connectivity index is 2.00. The van der Waals surface area contributed by atoms with E-state index in [1.54, 1.807) is 6.92 Å². The Labute approximate surface area is 150 Å².